The van der Waals surface area contributed by atoms with Gasteiger partial charge >= 0.3 is 0 Å². The van der Waals surface area contributed by atoms with Crippen molar-refractivity contribution in [2.75, 3.05) is 0 Å². The van der Waals surface area contributed by atoms with Crippen molar-refractivity contribution < 1.29 is 0 Å². The van der Waals surface area contributed by atoms with E-state index in [9.17, 15) is 0 Å². The van der Waals surface area contributed by atoms with Gasteiger partial charge in [0.25, 0.3) is 0 Å². The topological polar surface area (TPSA) is 0 Å². The van der Waals surface area contributed by atoms with Crippen LogP contribution in [0.25, 0.3) is 35.1 Å². The SMILES string of the molecule is C.C=Cc1c(C=C)c(/C=C\C)c2ccc(C)cc2c1C=C. The van der Waals surface area contributed by atoms with Crippen molar-refractivity contribution in [1.29, 1.82) is 0 Å². The summed E-state index contributed by atoms with van der Waals surface area (Å²) in [6.45, 7) is 16.0. The predicted octanol–water partition coefficient (Wildman–Crippen LogP) is 6.75. The van der Waals surface area contributed by atoms with Crippen molar-refractivity contribution >= 4 is 35.1 Å². The highest BCUT2D eigenvalue weighted by Gasteiger charge is 2.12. The molecule has 0 aliphatic carbocycles. The standard InChI is InChI=1S/C20H20.CH4/c1-6-10-18-16(8-3)15(7-2)17(9-4)20-13-14(5)11-12-19(18)20;/h6-13H,2-4H2,1,5H3;1H4/b10-6-;. The summed E-state index contributed by atoms with van der Waals surface area (Å²) in [5, 5.41) is 2.44. The Kier molecular flexibility index (Phi) is 5.49. The molecule has 0 unspecified atom stereocenters. The van der Waals surface area contributed by atoms with Gasteiger partial charge in [0.2, 0.25) is 0 Å². The van der Waals surface area contributed by atoms with E-state index in [0.717, 1.165) is 16.7 Å². The van der Waals surface area contributed by atoms with Gasteiger partial charge in [-0.25, -0.2) is 0 Å². The smallest absolute Gasteiger partial charge is 0.00965 e. The van der Waals surface area contributed by atoms with E-state index >= 15 is 0 Å². The summed E-state index contributed by atoms with van der Waals surface area (Å²) in [5.74, 6) is 0. The maximum absolute atomic E-state index is 3.97. The van der Waals surface area contributed by atoms with Crippen molar-refractivity contribution in [3.8, 4) is 0 Å². The number of allylic oxidation sites excluding steroid dienone is 1. The molecule has 0 aliphatic rings. The Morgan fingerprint density at radius 1 is 0.810 bits per heavy atom. The molecular formula is C21H24. The molecule has 0 aromatic heterocycles. The number of aryl methyl sites for hydroxylation is 1. The van der Waals surface area contributed by atoms with Gasteiger partial charge in [0.1, 0.15) is 0 Å². The van der Waals surface area contributed by atoms with Gasteiger partial charge < -0.3 is 0 Å². The summed E-state index contributed by atoms with van der Waals surface area (Å²) in [5.41, 5.74) is 5.78. The van der Waals surface area contributed by atoms with Crippen molar-refractivity contribution in [3.63, 3.8) is 0 Å². The van der Waals surface area contributed by atoms with Gasteiger partial charge in [-0.15, -0.1) is 0 Å². The maximum Gasteiger partial charge on any atom is -0.00965 e. The molecule has 0 heteroatoms. The summed E-state index contributed by atoms with van der Waals surface area (Å²) < 4.78 is 0. The zero-order valence-electron chi connectivity index (χ0n) is 12.2. The molecule has 0 saturated heterocycles. The normalized spacial score (nSPS) is 10.4. The van der Waals surface area contributed by atoms with Crippen molar-refractivity contribution in [2.45, 2.75) is 21.3 Å². The summed E-state index contributed by atoms with van der Waals surface area (Å²) >= 11 is 0. The van der Waals surface area contributed by atoms with E-state index in [1.165, 1.54) is 21.9 Å². The molecular weight excluding hydrogens is 252 g/mol. The van der Waals surface area contributed by atoms with Crippen LogP contribution in [-0.2, 0) is 0 Å². The molecule has 2 aromatic carbocycles. The highest BCUT2D eigenvalue weighted by molar-refractivity contribution is 6.03. The zero-order valence-corrected chi connectivity index (χ0v) is 12.2. The monoisotopic (exact) mass is 276 g/mol. The van der Waals surface area contributed by atoms with E-state index in [1.54, 1.807) is 0 Å². The summed E-state index contributed by atoms with van der Waals surface area (Å²) in [6.07, 6.45) is 9.89. The van der Waals surface area contributed by atoms with E-state index < -0.39 is 0 Å². The Hall–Kier alpha value is -2.34. The third-order valence-electron chi connectivity index (χ3n) is 3.57. The first-order valence-electron chi connectivity index (χ1n) is 6.78. The number of hydrogen-bond donors (Lipinski definition) is 0. The minimum absolute atomic E-state index is 0. The van der Waals surface area contributed by atoms with Crippen LogP contribution < -0.4 is 0 Å². The van der Waals surface area contributed by atoms with Gasteiger partial charge in [-0.1, -0.05) is 81.3 Å². The van der Waals surface area contributed by atoms with Crippen LogP contribution in [-0.4, -0.2) is 0 Å². The van der Waals surface area contributed by atoms with Crippen LogP contribution in [0.2, 0.25) is 0 Å². The Labute approximate surface area is 128 Å². The largest absolute Gasteiger partial charge is 0.0984 e. The lowest BCUT2D eigenvalue weighted by Crippen LogP contribution is -1.95. The molecule has 0 atom stereocenters. The molecule has 0 N–H and O–H groups in total. The first kappa shape index (κ1) is 16.7. The molecule has 0 bridgehead atoms. The van der Waals surface area contributed by atoms with E-state index in [2.05, 4.69) is 57.0 Å². The molecule has 0 radical (unpaired) electrons. The maximum atomic E-state index is 3.97. The second kappa shape index (κ2) is 6.90. The van der Waals surface area contributed by atoms with Crippen molar-refractivity contribution in [2.24, 2.45) is 0 Å². The van der Waals surface area contributed by atoms with E-state index in [1.807, 2.05) is 25.2 Å². The zero-order chi connectivity index (χ0) is 14.7. The van der Waals surface area contributed by atoms with Crippen molar-refractivity contribution in [3.05, 3.63) is 71.8 Å². The Morgan fingerprint density at radius 3 is 1.90 bits per heavy atom. The quantitative estimate of drug-likeness (QED) is 0.579. The highest BCUT2D eigenvalue weighted by atomic mass is 14.2. The second-order valence-electron chi connectivity index (χ2n) is 4.82. The molecule has 0 amide bonds. The second-order valence-corrected chi connectivity index (χ2v) is 4.82. The Bertz CT molecular complexity index is 728. The molecule has 0 saturated carbocycles. The number of rotatable bonds is 4. The van der Waals surface area contributed by atoms with Gasteiger partial charge in [0.05, 0.1) is 0 Å². The minimum atomic E-state index is 0. The van der Waals surface area contributed by atoms with E-state index in [0.29, 0.717) is 0 Å². The molecule has 108 valence electrons. The molecule has 21 heavy (non-hydrogen) atoms. The number of fused-ring (bicyclic) bond motifs is 1. The third-order valence-corrected chi connectivity index (χ3v) is 3.57. The van der Waals surface area contributed by atoms with E-state index in [-0.39, 0.29) is 7.43 Å². The molecule has 0 spiro atoms. The van der Waals surface area contributed by atoms with Gasteiger partial charge in [0.15, 0.2) is 0 Å². The van der Waals surface area contributed by atoms with Crippen LogP contribution in [0.5, 0.6) is 0 Å². The molecule has 0 aliphatic heterocycles. The molecule has 0 nitrogen and oxygen atoms in total. The number of benzene rings is 2. The van der Waals surface area contributed by atoms with Crippen LogP contribution >= 0.6 is 0 Å². The lowest BCUT2D eigenvalue weighted by Gasteiger charge is -2.16. The minimum Gasteiger partial charge on any atom is -0.0984 e. The highest BCUT2D eigenvalue weighted by Crippen LogP contribution is 2.34. The average molecular weight is 276 g/mol. The predicted molar refractivity (Wildman–Crippen MR) is 100 cm³/mol. The third kappa shape index (κ3) is 2.75. The van der Waals surface area contributed by atoms with Gasteiger partial charge in [0, 0.05) is 0 Å². The lowest BCUT2D eigenvalue weighted by atomic mass is 9.88. The molecule has 0 fully saturated rings. The van der Waals surface area contributed by atoms with Gasteiger partial charge in [-0.05, 0) is 46.9 Å². The fourth-order valence-electron chi connectivity index (χ4n) is 2.70. The molecule has 2 aromatic rings. The van der Waals surface area contributed by atoms with Crippen LogP contribution in [0.1, 0.15) is 42.2 Å². The first-order chi connectivity index (χ1) is 9.67. The average Bonchev–Trinajstić information content (AvgIpc) is 2.46. The fourth-order valence-corrected chi connectivity index (χ4v) is 2.70. The Balaban J connectivity index is 0.00000220. The van der Waals surface area contributed by atoms with Crippen molar-refractivity contribution in [1.82, 2.24) is 0 Å². The van der Waals surface area contributed by atoms with Crippen LogP contribution in [0, 0.1) is 6.92 Å². The van der Waals surface area contributed by atoms with Gasteiger partial charge in [-0.2, -0.15) is 0 Å². The Morgan fingerprint density at radius 2 is 1.38 bits per heavy atom. The van der Waals surface area contributed by atoms with Crippen LogP contribution in [0.15, 0.2) is 44.0 Å². The van der Waals surface area contributed by atoms with E-state index in [4.69, 9.17) is 0 Å². The summed E-state index contributed by atoms with van der Waals surface area (Å²) in [4.78, 5) is 0. The lowest BCUT2D eigenvalue weighted by molar-refractivity contribution is 1.49. The van der Waals surface area contributed by atoms with Gasteiger partial charge in [-0.3, -0.25) is 0 Å². The number of hydrogen-bond acceptors (Lipinski definition) is 0. The summed E-state index contributed by atoms with van der Waals surface area (Å²) in [7, 11) is 0. The molecule has 2 rings (SSSR count). The van der Waals surface area contributed by atoms with Crippen LogP contribution in [0.4, 0.5) is 0 Å². The first-order valence-corrected chi connectivity index (χ1v) is 6.78. The summed E-state index contributed by atoms with van der Waals surface area (Å²) in [6, 6.07) is 6.52. The van der Waals surface area contributed by atoms with Crippen LogP contribution in [0.3, 0.4) is 0 Å². The molecule has 0 heterocycles. The fraction of sp³-hybridized carbons (Fsp3) is 0.143.